The van der Waals surface area contributed by atoms with Crippen molar-refractivity contribution >= 4 is 201 Å². The van der Waals surface area contributed by atoms with Crippen LogP contribution in [0.5, 0.6) is 0 Å². The molecule has 16 aromatic carbocycles. The monoisotopic (exact) mass is 1670 g/mol. The Morgan fingerprint density at radius 2 is 0.488 bits per heavy atom. The molecule has 23 rings (SSSR count). The molecule has 0 N–H and O–H groups in total. The van der Waals surface area contributed by atoms with Crippen molar-refractivity contribution in [2.45, 2.75) is 125 Å². The van der Waals surface area contributed by atoms with E-state index < -0.39 is 6.71 Å². The van der Waals surface area contributed by atoms with Gasteiger partial charge in [0.2, 0.25) is 25.3 Å². The zero-order valence-electron chi connectivity index (χ0n) is 76.6. The molecule has 0 aliphatic heterocycles. The molecule has 0 bridgehead atoms. The molecule has 0 atom stereocenters. The van der Waals surface area contributed by atoms with Crippen molar-refractivity contribution in [1.29, 1.82) is 0 Å². The smallest absolute Gasteiger partial charge is 0.291 e. The summed E-state index contributed by atoms with van der Waals surface area (Å²) in [5.74, 6) is 1.01. The first-order chi connectivity index (χ1) is 62.4. The number of fused-ring (bicyclic) bond motifs is 20. The molecule has 0 saturated carbocycles. The average Bonchev–Trinajstić information content (AvgIpc) is 1.50. The molecular weight excluding hydrogens is 1570 g/mol. The van der Waals surface area contributed by atoms with Crippen LogP contribution in [0.2, 0.25) is 0 Å². The van der Waals surface area contributed by atoms with Gasteiger partial charge in [0.15, 0.2) is 0 Å². The average molecular weight is 1670 g/mol. The van der Waals surface area contributed by atoms with Gasteiger partial charge in [0.05, 0.1) is 44.1 Å². The second kappa shape index (κ2) is 29.6. The number of hydrogen-bond acceptors (Lipinski definition) is 5. The summed E-state index contributed by atoms with van der Waals surface area (Å²) >= 11 is 0. The van der Waals surface area contributed by atoms with Gasteiger partial charge in [0.25, 0.3) is 6.71 Å². The quantitative estimate of drug-likeness (QED) is 0.107. The van der Waals surface area contributed by atoms with Crippen LogP contribution < -0.4 is 49.4 Å². The van der Waals surface area contributed by atoms with E-state index in [1.807, 2.05) is 0 Å². The van der Waals surface area contributed by atoms with Crippen LogP contribution in [0.1, 0.15) is 100 Å². The predicted molar refractivity (Wildman–Crippen MR) is 550 cm³/mol. The molecule has 23 aromatic rings. The highest BCUT2D eigenvalue weighted by Crippen LogP contribution is 2.46. The van der Waals surface area contributed by atoms with Gasteiger partial charge in [-0.1, -0.05) is 326 Å². The van der Waals surface area contributed by atoms with Crippen LogP contribution in [-0.4, -0.2) is 53.4 Å². The van der Waals surface area contributed by atoms with Crippen molar-refractivity contribution in [3.05, 3.63) is 367 Å². The lowest BCUT2D eigenvalue weighted by molar-refractivity contribution is 0.668. The molecule has 12 heteroatoms. The zero-order valence-corrected chi connectivity index (χ0v) is 76.6. The predicted octanol–water partition coefficient (Wildman–Crippen LogP) is 23.2. The summed E-state index contributed by atoms with van der Waals surface area (Å²) in [6, 6.07) is 101. The van der Waals surface area contributed by atoms with Gasteiger partial charge in [-0.15, -0.1) is 0 Å². The lowest BCUT2D eigenvalue weighted by Gasteiger charge is -2.25. The van der Waals surface area contributed by atoms with E-state index in [0.29, 0.717) is 17.6 Å². The SMILES string of the molecule is Cc1cc(C)c(B(c2ccc3c(c2)c2ccc4c(c5ccccc5n4-c4nc(B(c5c(C)cc(C)cc5C)c5c(C)cc(C)cc5C)nc(-n5c6ccccc6c6c5ccc5c7cc(B(c8c(C)cc(C)cc8C)c8c(C)cc(C)cc8C)ccc7n(-c7ccc8oc9ccccc9c8c7)c56)n4)c2n3-c2ccc3oc4ccccc4c3c2)c2c(C)cc(C)cc2C)c(C)c1. The van der Waals surface area contributed by atoms with Crippen LogP contribution in [0.3, 0.4) is 0 Å². The molecule has 7 heterocycles. The van der Waals surface area contributed by atoms with E-state index in [2.05, 4.69) is 410 Å². The molecule has 0 aliphatic rings. The normalized spacial score (nSPS) is 12.1. The first-order valence-corrected chi connectivity index (χ1v) is 45.5. The number of rotatable bonds is 13. The summed E-state index contributed by atoms with van der Waals surface area (Å²) in [4.78, 5) is 18.5. The maximum Gasteiger partial charge on any atom is 0.291 e. The maximum absolute atomic E-state index is 6.66. The number of para-hydroxylation sites is 4. The van der Waals surface area contributed by atoms with E-state index in [4.69, 9.17) is 23.8 Å². The molecule has 0 fully saturated rings. The van der Waals surface area contributed by atoms with Gasteiger partial charge in [-0.2, -0.15) is 4.98 Å². The minimum Gasteiger partial charge on any atom is -0.456 e. The molecule has 0 saturated heterocycles. The van der Waals surface area contributed by atoms with E-state index in [1.165, 1.54) is 144 Å². The minimum absolute atomic E-state index is 0.0582. The zero-order chi connectivity index (χ0) is 88.4. The van der Waals surface area contributed by atoms with Gasteiger partial charge in [0, 0.05) is 76.0 Å². The van der Waals surface area contributed by atoms with E-state index in [-0.39, 0.29) is 13.4 Å². The molecule has 129 heavy (non-hydrogen) atoms. The van der Waals surface area contributed by atoms with Crippen molar-refractivity contribution in [2.24, 2.45) is 0 Å². The Labute approximate surface area is 752 Å². The summed E-state index contributed by atoms with van der Waals surface area (Å²) in [6.07, 6.45) is 0. The third kappa shape index (κ3) is 12.2. The Kier molecular flexibility index (Phi) is 18.1. The second-order valence-electron chi connectivity index (χ2n) is 37.7. The first kappa shape index (κ1) is 79.2. The molecule has 7 aromatic heterocycles. The third-order valence-corrected chi connectivity index (χ3v) is 28.5. The molecular formula is C117H98B3N7O2. The van der Waals surface area contributed by atoms with Crippen molar-refractivity contribution < 1.29 is 8.83 Å². The second-order valence-corrected chi connectivity index (χ2v) is 37.7. The Morgan fingerprint density at radius 1 is 0.209 bits per heavy atom. The highest BCUT2D eigenvalue weighted by molar-refractivity contribution is 6.98. The summed E-state index contributed by atoms with van der Waals surface area (Å²) in [7, 11) is 0. The fourth-order valence-electron chi connectivity index (χ4n) is 24.1. The van der Waals surface area contributed by atoms with E-state index >= 15 is 0 Å². The van der Waals surface area contributed by atoms with Crippen molar-refractivity contribution in [2.75, 3.05) is 0 Å². The third-order valence-electron chi connectivity index (χ3n) is 28.5. The van der Waals surface area contributed by atoms with Gasteiger partial charge >= 0.3 is 0 Å². The van der Waals surface area contributed by atoms with Gasteiger partial charge in [-0.05, 0) is 210 Å². The molecule has 0 aliphatic carbocycles. The van der Waals surface area contributed by atoms with Crippen LogP contribution in [0.25, 0.3) is 154 Å². The molecule has 622 valence electrons. The molecule has 0 amide bonds. The Morgan fingerprint density at radius 3 is 0.822 bits per heavy atom. The summed E-state index contributed by atoms with van der Waals surface area (Å²) < 4.78 is 23.1. The number of hydrogen-bond donors (Lipinski definition) is 0. The topological polar surface area (TPSA) is 84.7 Å². The van der Waals surface area contributed by atoms with E-state index in [0.717, 1.165) is 142 Å². The van der Waals surface area contributed by atoms with Gasteiger partial charge in [-0.3, -0.25) is 9.13 Å². The van der Waals surface area contributed by atoms with Crippen LogP contribution in [0.15, 0.2) is 276 Å². The largest absolute Gasteiger partial charge is 0.456 e. The molecule has 9 nitrogen and oxygen atoms in total. The molecule has 0 unspecified atom stereocenters. The number of benzene rings is 16. The van der Waals surface area contributed by atoms with E-state index in [9.17, 15) is 0 Å². The Hall–Kier alpha value is -14.5. The minimum atomic E-state index is -0.449. The van der Waals surface area contributed by atoms with E-state index in [1.54, 1.807) is 0 Å². The summed E-state index contributed by atoms with van der Waals surface area (Å²) in [5, 5.41) is 13.1. The maximum atomic E-state index is 6.66. The summed E-state index contributed by atoms with van der Waals surface area (Å²) in [5.41, 5.74) is 47.0. The lowest BCUT2D eigenvalue weighted by atomic mass is 9.34. The fourth-order valence-corrected chi connectivity index (χ4v) is 24.1. The van der Waals surface area contributed by atoms with Gasteiger partial charge in [-0.25, -0.2) is 9.97 Å². The highest BCUT2D eigenvalue weighted by atomic mass is 16.3. The van der Waals surface area contributed by atoms with Crippen LogP contribution in [-0.2, 0) is 0 Å². The Balaban J connectivity index is 0.834. The first-order valence-electron chi connectivity index (χ1n) is 45.5. The van der Waals surface area contributed by atoms with Crippen molar-refractivity contribution in [3.8, 4) is 23.3 Å². The van der Waals surface area contributed by atoms with Gasteiger partial charge < -0.3 is 18.0 Å². The van der Waals surface area contributed by atoms with Crippen LogP contribution in [0, 0.1) is 125 Å². The van der Waals surface area contributed by atoms with Crippen molar-refractivity contribution in [1.82, 2.24) is 33.2 Å². The lowest BCUT2D eigenvalue weighted by Crippen LogP contribution is -2.58. The van der Waals surface area contributed by atoms with Crippen LogP contribution in [0.4, 0.5) is 0 Å². The summed E-state index contributed by atoms with van der Waals surface area (Å²) in [6.45, 7) is 40.3. The van der Waals surface area contributed by atoms with Crippen molar-refractivity contribution in [3.63, 3.8) is 0 Å². The standard InChI is InChI=1S/C117H98B3N7O2/c1-63-47-69(7)107(70(8)48-63)118(108-71(9)49-64(2)50-72(108)10)81-35-41-97-91(59-81)87-39-43-99-105(113(87)124(97)83-37-45-103-93(61-83)85-27-21-25-33-101(85)128-103)89-29-19-23-31-95(89)126(99)116-121-115(120(111-77(15)55-67(5)56-78(111)16)112-79(17)57-68(6)58-80(112)18)122-117(123-116)127-96-32-24-20-30-90(96)106-100(127)44-40-88-92-60-82(119(109-73(11)51-65(3)52-74(109)12)110-75(13)53-66(4)54-76(110)14)36-42-98(92)125(114(88)106)84-38-46-104-94(62-84)86-28-22-26-34-102(86)129-104/h19-62H,1-18H3. The van der Waals surface area contributed by atoms with Gasteiger partial charge in [0.1, 0.15) is 28.1 Å². The number of aromatic nitrogens is 7. The molecule has 0 spiro atoms. The fraction of sp³-hybridized carbons (Fsp3) is 0.154. The number of furan rings is 2. The highest BCUT2D eigenvalue weighted by Gasteiger charge is 2.37. The number of nitrogens with zero attached hydrogens (tertiary/aromatic N) is 7. The molecule has 0 radical (unpaired) electrons. The Bertz CT molecular complexity index is 8080. The van der Waals surface area contributed by atoms with Crippen LogP contribution >= 0.6 is 0 Å². The number of aryl methyl sites for hydroxylation is 18.